The van der Waals surface area contributed by atoms with E-state index >= 15 is 0 Å². The lowest BCUT2D eigenvalue weighted by atomic mass is 10.1. The van der Waals surface area contributed by atoms with Gasteiger partial charge in [0, 0.05) is 38.3 Å². The highest BCUT2D eigenvalue weighted by atomic mass is 19.1. The maximum atomic E-state index is 14.5. The predicted octanol–water partition coefficient (Wildman–Crippen LogP) is 2.79. The molecule has 0 spiro atoms. The number of piperazine rings is 1. The SMILES string of the molecule is COC(=O)CCc1ccc(N2C[C@@H]3CN(C(=O)OC(C)(C)C)CCN3C2=O)cc1F. The molecule has 1 aromatic carbocycles. The fourth-order valence-corrected chi connectivity index (χ4v) is 3.66. The molecule has 2 saturated heterocycles. The summed E-state index contributed by atoms with van der Waals surface area (Å²) in [6.07, 6.45) is -0.0768. The second-order valence-corrected chi connectivity index (χ2v) is 8.52. The Bertz CT molecular complexity index is 838. The number of halogens is 1. The van der Waals surface area contributed by atoms with Crippen LogP contribution in [-0.2, 0) is 20.7 Å². The Labute approximate surface area is 175 Å². The first-order valence-corrected chi connectivity index (χ1v) is 10.0. The van der Waals surface area contributed by atoms with Gasteiger partial charge in [-0.05, 0) is 44.9 Å². The third-order valence-electron chi connectivity index (χ3n) is 5.18. The minimum absolute atomic E-state index is 0.0891. The van der Waals surface area contributed by atoms with Gasteiger partial charge in [0.05, 0.1) is 13.2 Å². The first-order valence-electron chi connectivity index (χ1n) is 10.0. The smallest absolute Gasteiger partial charge is 0.410 e. The van der Waals surface area contributed by atoms with Crippen LogP contribution < -0.4 is 4.90 Å². The van der Waals surface area contributed by atoms with Crippen LogP contribution in [0.25, 0.3) is 0 Å². The summed E-state index contributed by atoms with van der Waals surface area (Å²) in [4.78, 5) is 41.3. The number of benzene rings is 1. The summed E-state index contributed by atoms with van der Waals surface area (Å²) in [6, 6.07) is 4.20. The zero-order valence-corrected chi connectivity index (χ0v) is 17.8. The first-order chi connectivity index (χ1) is 14.1. The molecule has 2 fully saturated rings. The van der Waals surface area contributed by atoms with Gasteiger partial charge in [-0.3, -0.25) is 9.69 Å². The summed E-state index contributed by atoms with van der Waals surface area (Å²) in [6.45, 7) is 6.96. The summed E-state index contributed by atoms with van der Waals surface area (Å²) >= 11 is 0. The number of urea groups is 1. The lowest BCUT2D eigenvalue weighted by Crippen LogP contribution is -2.54. The number of rotatable bonds is 4. The van der Waals surface area contributed by atoms with Crippen LogP contribution in [-0.4, -0.2) is 72.8 Å². The minimum atomic E-state index is -0.584. The van der Waals surface area contributed by atoms with E-state index in [9.17, 15) is 18.8 Å². The zero-order chi connectivity index (χ0) is 22.1. The summed E-state index contributed by atoms with van der Waals surface area (Å²) in [7, 11) is 1.29. The Balaban J connectivity index is 1.67. The molecule has 30 heavy (non-hydrogen) atoms. The lowest BCUT2D eigenvalue weighted by Gasteiger charge is -2.36. The van der Waals surface area contributed by atoms with Crippen LogP contribution in [0.2, 0.25) is 0 Å². The van der Waals surface area contributed by atoms with Crippen molar-refractivity contribution in [2.45, 2.75) is 45.3 Å². The van der Waals surface area contributed by atoms with Gasteiger partial charge < -0.3 is 19.3 Å². The van der Waals surface area contributed by atoms with E-state index in [4.69, 9.17) is 4.74 Å². The third kappa shape index (κ3) is 4.83. The number of fused-ring (bicyclic) bond motifs is 1. The van der Waals surface area contributed by atoms with Crippen LogP contribution in [0.5, 0.6) is 0 Å². The molecule has 1 atom stereocenters. The van der Waals surface area contributed by atoms with E-state index in [2.05, 4.69) is 4.74 Å². The summed E-state index contributed by atoms with van der Waals surface area (Å²) in [5, 5.41) is 0. The van der Waals surface area contributed by atoms with Crippen molar-refractivity contribution in [2.24, 2.45) is 0 Å². The normalized spacial score (nSPS) is 19.0. The molecule has 2 aliphatic heterocycles. The van der Waals surface area contributed by atoms with Crippen LogP contribution in [0.15, 0.2) is 18.2 Å². The molecule has 2 heterocycles. The molecular weight excluding hydrogens is 393 g/mol. The molecule has 164 valence electrons. The number of aryl methyl sites for hydroxylation is 1. The molecule has 3 rings (SSSR count). The number of methoxy groups -OCH3 is 1. The van der Waals surface area contributed by atoms with Crippen LogP contribution in [0.1, 0.15) is 32.8 Å². The number of hydrogen-bond acceptors (Lipinski definition) is 5. The maximum absolute atomic E-state index is 14.5. The van der Waals surface area contributed by atoms with Gasteiger partial charge in [-0.1, -0.05) is 6.07 Å². The van der Waals surface area contributed by atoms with E-state index in [1.165, 1.54) is 18.1 Å². The van der Waals surface area contributed by atoms with Crippen molar-refractivity contribution in [3.63, 3.8) is 0 Å². The second kappa shape index (κ2) is 8.49. The van der Waals surface area contributed by atoms with Gasteiger partial charge in [0.25, 0.3) is 0 Å². The van der Waals surface area contributed by atoms with Gasteiger partial charge in [-0.2, -0.15) is 0 Å². The summed E-state index contributed by atoms with van der Waals surface area (Å²) in [5.41, 5.74) is 0.265. The fraction of sp³-hybridized carbons (Fsp3) is 0.571. The van der Waals surface area contributed by atoms with Crippen molar-refractivity contribution in [3.8, 4) is 0 Å². The van der Waals surface area contributed by atoms with E-state index in [0.717, 1.165) is 0 Å². The molecule has 1 aromatic rings. The number of ether oxygens (including phenoxy) is 2. The van der Waals surface area contributed by atoms with Gasteiger partial charge in [0.15, 0.2) is 0 Å². The average Bonchev–Trinajstić information content (AvgIpc) is 3.01. The monoisotopic (exact) mass is 421 g/mol. The Morgan fingerprint density at radius 3 is 2.57 bits per heavy atom. The zero-order valence-electron chi connectivity index (χ0n) is 17.8. The number of carbonyl (C=O) groups is 3. The molecule has 0 saturated carbocycles. The Morgan fingerprint density at radius 2 is 1.93 bits per heavy atom. The van der Waals surface area contributed by atoms with Gasteiger partial charge in [0.2, 0.25) is 0 Å². The van der Waals surface area contributed by atoms with Gasteiger partial charge >= 0.3 is 18.1 Å². The van der Waals surface area contributed by atoms with Crippen molar-refractivity contribution in [1.82, 2.24) is 9.80 Å². The predicted molar refractivity (Wildman–Crippen MR) is 108 cm³/mol. The van der Waals surface area contributed by atoms with E-state index < -0.39 is 23.5 Å². The Kier molecular flexibility index (Phi) is 6.19. The molecular formula is C21H28FN3O5. The topological polar surface area (TPSA) is 79.4 Å². The van der Waals surface area contributed by atoms with E-state index in [1.54, 1.807) is 21.9 Å². The fourth-order valence-electron chi connectivity index (χ4n) is 3.66. The van der Waals surface area contributed by atoms with Crippen molar-refractivity contribution in [3.05, 3.63) is 29.6 Å². The van der Waals surface area contributed by atoms with Crippen LogP contribution in [0.4, 0.5) is 19.7 Å². The van der Waals surface area contributed by atoms with Crippen LogP contribution in [0.3, 0.4) is 0 Å². The molecule has 0 N–H and O–H groups in total. The molecule has 9 heteroatoms. The van der Waals surface area contributed by atoms with Crippen molar-refractivity contribution < 1.29 is 28.2 Å². The summed E-state index contributed by atoms with van der Waals surface area (Å²) < 4.78 is 24.5. The van der Waals surface area contributed by atoms with Gasteiger partial charge in [-0.15, -0.1) is 0 Å². The number of carbonyl (C=O) groups excluding carboxylic acids is 3. The highest BCUT2D eigenvalue weighted by Crippen LogP contribution is 2.28. The van der Waals surface area contributed by atoms with Crippen LogP contribution >= 0.6 is 0 Å². The number of nitrogens with zero attached hydrogens (tertiary/aromatic N) is 3. The number of anilines is 1. The molecule has 0 aromatic heterocycles. The Hall–Kier alpha value is -2.84. The van der Waals surface area contributed by atoms with Gasteiger partial charge in [0.1, 0.15) is 11.4 Å². The summed E-state index contributed by atoms with van der Waals surface area (Å²) in [5.74, 6) is -0.871. The highest BCUT2D eigenvalue weighted by Gasteiger charge is 2.43. The van der Waals surface area contributed by atoms with E-state index in [-0.39, 0.29) is 24.9 Å². The van der Waals surface area contributed by atoms with Gasteiger partial charge in [-0.25, -0.2) is 14.0 Å². The van der Waals surface area contributed by atoms with E-state index in [0.29, 0.717) is 37.4 Å². The first kappa shape index (κ1) is 21.9. The largest absolute Gasteiger partial charge is 0.469 e. The van der Waals surface area contributed by atoms with Crippen LogP contribution in [0, 0.1) is 5.82 Å². The average molecular weight is 421 g/mol. The molecule has 0 aliphatic carbocycles. The standard InChI is InChI=1S/C21H28FN3O5/c1-21(2,3)30-20(28)23-9-10-24-16(12-23)13-25(19(24)27)15-7-5-14(17(22)11-15)6-8-18(26)29-4/h5,7,11,16H,6,8-10,12-13H2,1-4H3/t16-/m0/s1. The quantitative estimate of drug-likeness (QED) is 0.699. The van der Waals surface area contributed by atoms with Crippen molar-refractivity contribution in [1.29, 1.82) is 0 Å². The van der Waals surface area contributed by atoms with E-state index in [1.807, 2.05) is 20.8 Å². The number of hydrogen-bond donors (Lipinski definition) is 0. The molecule has 3 amide bonds. The number of esters is 1. The van der Waals surface area contributed by atoms with Crippen molar-refractivity contribution >= 4 is 23.8 Å². The minimum Gasteiger partial charge on any atom is -0.469 e. The van der Waals surface area contributed by atoms with Crippen molar-refractivity contribution in [2.75, 3.05) is 38.2 Å². The second-order valence-electron chi connectivity index (χ2n) is 8.52. The molecule has 2 aliphatic rings. The molecule has 0 unspecified atom stereocenters. The number of amides is 3. The molecule has 8 nitrogen and oxygen atoms in total. The maximum Gasteiger partial charge on any atom is 0.410 e. The molecule has 0 bridgehead atoms. The third-order valence-corrected chi connectivity index (χ3v) is 5.18. The molecule has 0 radical (unpaired) electrons. The lowest BCUT2D eigenvalue weighted by molar-refractivity contribution is -0.140. The Morgan fingerprint density at radius 1 is 1.20 bits per heavy atom. The highest BCUT2D eigenvalue weighted by molar-refractivity contribution is 5.95.